The Kier molecular flexibility index (Phi) is 2.81. The van der Waals surface area contributed by atoms with E-state index in [-0.39, 0.29) is 18.3 Å². The van der Waals surface area contributed by atoms with Crippen molar-refractivity contribution in [1.29, 1.82) is 0 Å². The van der Waals surface area contributed by atoms with Gasteiger partial charge in [-0.05, 0) is 6.08 Å². The molecule has 0 aromatic heterocycles. The normalized spacial score (nSPS) is 31.7. The van der Waals surface area contributed by atoms with Crippen molar-refractivity contribution < 1.29 is 24.1 Å². The number of hydrogen-bond acceptors (Lipinski definition) is 4. The Bertz CT molecular complexity index is 242. The summed E-state index contributed by atoms with van der Waals surface area (Å²) < 4.78 is 15.5. The van der Waals surface area contributed by atoms with E-state index in [0.717, 1.165) is 12.7 Å². The smallest absolute Gasteiger partial charge is 0.328 e. The van der Waals surface area contributed by atoms with Gasteiger partial charge in [0.2, 0.25) is 0 Å². The molecule has 0 spiro atoms. The van der Waals surface area contributed by atoms with E-state index in [9.17, 15) is 4.79 Å². The largest absolute Gasteiger partial charge is 0.478 e. The minimum Gasteiger partial charge on any atom is -0.478 e. The molecule has 5 heteroatoms. The van der Waals surface area contributed by atoms with Crippen LogP contribution in [0.4, 0.5) is 0 Å². The van der Waals surface area contributed by atoms with Crippen LogP contribution in [-0.4, -0.2) is 49.2 Å². The molecule has 0 amide bonds. The summed E-state index contributed by atoms with van der Waals surface area (Å²) in [7, 11) is 0. The first-order valence-corrected chi connectivity index (χ1v) is 4.51. The second-order valence-electron chi connectivity index (χ2n) is 3.32. The molecule has 2 heterocycles. The molecule has 3 unspecified atom stereocenters. The summed E-state index contributed by atoms with van der Waals surface area (Å²) in [5.74, 6) is -0.970. The lowest BCUT2D eigenvalue weighted by atomic mass is 10.2. The fourth-order valence-electron chi connectivity index (χ4n) is 1.09. The molecule has 0 aromatic carbocycles. The number of carboxylic acids is 1. The van der Waals surface area contributed by atoms with Crippen molar-refractivity contribution in [2.45, 2.75) is 18.3 Å². The van der Waals surface area contributed by atoms with Gasteiger partial charge in [0.1, 0.15) is 18.3 Å². The highest BCUT2D eigenvalue weighted by molar-refractivity contribution is 5.79. The van der Waals surface area contributed by atoms with Crippen molar-refractivity contribution in [2.75, 3.05) is 19.8 Å². The fraction of sp³-hybridized carbons (Fsp3) is 0.667. The summed E-state index contributed by atoms with van der Waals surface area (Å²) in [6.45, 7) is 1.88. The third kappa shape index (κ3) is 3.10. The number of aliphatic carboxylic acids is 1. The fourth-order valence-corrected chi connectivity index (χ4v) is 1.09. The maximum absolute atomic E-state index is 10.3. The number of hydrogen-bond donors (Lipinski definition) is 1. The number of carboxylic acid groups (broad SMARTS) is 1. The Morgan fingerprint density at radius 1 is 1.57 bits per heavy atom. The third-order valence-corrected chi connectivity index (χ3v) is 2.03. The van der Waals surface area contributed by atoms with Gasteiger partial charge >= 0.3 is 5.97 Å². The minimum absolute atomic E-state index is 0.0179. The maximum atomic E-state index is 10.3. The molecule has 78 valence electrons. The summed E-state index contributed by atoms with van der Waals surface area (Å²) in [4.78, 5) is 10.3. The van der Waals surface area contributed by atoms with E-state index in [1.54, 1.807) is 0 Å². The molecule has 2 rings (SSSR count). The van der Waals surface area contributed by atoms with Crippen molar-refractivity contribution in [3.63, 3.8) is 0 Å². The van der Waals surface area contributed by atoms with E-state index in [4.69, 9.17) is 19.3 Å². The molecule has 2 saturated heterocycles. The molecule has 0 aliphatic carbocycles. The molecule has 0 aromatic rings. The Balaban J connectivity index is 1.76. The Labute approximate surface area is 81.3 Å². The minimum atomic E-state index is -0.970. The number of epoxide rings is 2. The van der Waals surface area contributed by atoms with Gasteiger partial charge < -0.3 is 19.3 Å². The van der Waals surface area contributed by atoms with Gasteiger partial charge in [0.05, 0.1) is 19.8 Å². The van der Waals surface area contributed by atoms with E-state index in [1.165, 1.54) is 6.08 Å². The average Bonchev–Trinajstić information content (AvgIpc) is 2.99. The van der Waals surface area contributed by atoms with E-state index in [2.05, 4.69) is 0 Å². The zero-order valence-electron chi connectivity index (χ0n) is 7.59. The summed E-state index contributed by atoms with van der Waals surface area (Å²) >= 11 is 0. The molecule has 2 aliphatic heterocycles. The molecule has 1 N–H and O–H groups in total. The molecule has 0 saturated carbocycles. The summed E-state index contributed by atoms with van der Waals surface area (Å²) in [6.07, 6.45) is 2.55. The van der Waals surface area contributed by atoms with E-state index < -0.39 is 5.97 Å². The van der Waals surface area contributed by atoms with E-state index in [0.29, 0.717) is 13.2 Å². The van der Waals surface area contributed by atoms with Crippen LogP contribution in [0.15, 0.2) is 12.2 Å². The first-order valence-electron chi connectivity index (χ1n) is 4.51. The molecule has 2 aliphatic rings. The molecule has 14 heavy (non-hydrogen) atoms. The van der Waals surface area contributed by atoms with Gasteiger partial charge in [-0.3, -0.25) is 0 Å². The van der Waals surface area contributed by atoms with Gasteiger partial charge in [0, 0.05) is 6.08 Å². The van der Waals surface area contributed by atoms with E-state index in [1.807, 2.05) is 0 Å². The molecule has 5 nitrogen and oxygen atoms in total. The van der Waals surface area contributed by atoms with Crippen LogP contribution in [0.1, 0.15) is 0 Å². The Morgan fingerprint density at radius 2 is 2.29 bits per heavy atom. The highest BCUT2D eigenvalue weighted by Gasteiger charge is 2.34. The highest BCUT2D eigenvalue weighted by Crippen LogP contribution is 2.20. The van der Waals surface area contributed by atoms with Crippen LogP contribution in [0, 0.1) is 0 Å². The van der Waals surface area contributed by atoms with Crippen LogP contribution in [0.5, 0.6) is 0 Å². The predicted molar refractivity (Wildman–Crippen MR) is 46.0 cm³/mol. The van der Waals surface area contributed by atoms with Crippen LogP contribution < -0.4 is 0 Å². The van der Waals surface area contributed by atoms with Crippen LogP contribution in [0.25, 0.3) is 0 Å². The van der Waals surface area contributed by atoms with Gasteiger partial charge in [0.25, 0.3) is 0 Å². The average molecular weight is 200 g/mol. The number of rotatable bonds is 6. The topological polar surface area (TPSA) is 71.6 Å². The monoisotopic (exact) mass is 200 g/mol. The molecule has 3 atom stereocenters. The van der Waals surface area contributed by atoms with Crippen LogP contribution in [-0.2, 0) is 19.0 Å². The van der Waals surface area contributed by atoms with Gasteiger partial charge in [-0.1, -0.05) is 0 Å². The summed E-state index contributed by atoms with van der Waals surface area (Å²) in [5.41, 5.74) is 0. The second kappa shape index (κ2) is 4.08. The highest BCUT2D eigenvalue weighted by atomic mass is 16.6. The van der Waals surface area contributed by atoms with Gasteiger partial charge in [0.15, 0.2) is 0 Å². The summed E-state index contributed by atoms with van der Waals surface area (Å²) in [6, 6.07) is 0. The Morgan fingerprint density at radius 3 is 2.79 bits per heavy atom. The van der Waals surface area contributed by atoms with E-state index >= 15 is 0 Å². The Hall–Kier alpha value is -0.910. The zero-order chi connectivity index (χ0) is 9.97. The van der Waals surface area contributed by atoms with Gasteiger partial charge in [-0.15, -0.1) is 0 Å². The molecule has 0 radical (unpaired) electrons. The number of ether oxygens (including phenoxy) is 3. The lowest BCUT2D eigenvalue weighted by Gasteiger charge is -2.09. The van der Waals surface area contributed by atoms with Crippen LogP contribution >= 0.6 is 0 Å². The lowest BCUT2D eigenvalue weighted by molar-refractivity contribution is -0.131. The SMILES string of the molecule is O=C(O)C=CC(OCC1CO1)C1CO1. The second-order valence-corrected chi connectivity index (χ2v) is 3.32. The first-order chi connectivity index (χ1) is 6.75. The molecule has 0 bridgehead atoms. The quantitative estimate of drug-likeness (QED) is 0.475. The summed E-state index contributed by atoms with van der Waals surface area (Å²) in [5, 5.41) is 8.45. The first kappa shape index (κ1) is 9.64. The van der Waals surface area contributed by atoms with Crippen LogP contribution in [0.3, 0.4) is 0 Å². The van der Waals surface area contributed by atoms with Crippen molar-refractivity contribution >= 4 is 5.97 Å². The predicted octanol–water partition coefficient (Wildman–Crippen LogP) is -0.190. The van der Waals surface area contributed by atoms with Crippen LogP contribution in [0.2, 0.25) is 0 Å². The van der Waals surface area contributed by atoms with Gasteiger partial charge in [-0.2, -0.15) is 0 Å². The van der Waals surface area contributed by atoms with Crippen molar-refractivity contribution in [3.8, 4) is 0 Å². The van der Waals surface area contributed by atoms with Crippen molar-refractivity contribution in [3.05, 3.63) is 12.2 Å². The molecular formula is C9H12O5. The zero-order valence-corrected chi connectivity index (χ0v) is 7.59. The maximum Gasteiger partial charge on any atom is 0.328 e. The molecular weight excluding hydrogens is 188 g/mol. The van der Waals surface area contributed by atoms with Crippen molar-refractivity contribution in [2.24, 2.45) is 0 Å². The third-order valence-electron chi connectivity index (χ3n) is 2.03. The number of carbonyl (C=O) groups is 1. The standard InChI is InChI=1S/C9H12O5/c10-9(11)2-1-7(8-5-14-8)13-4-6-3-12-6/h1-2,6-8H,3-5H2,(H,10,11). The molecule has 2 fully saturated rings. The van der Waals surface area contributed by atoms with Gasteiger partial charge in [-0.25, -0.2) is 4.79 Å². The van der Waals surface area contributed by atoms with Crippen molar-refractivity contribution in [1.82, 2.24) is 0 Å². The lowest BCUT2D eigenvalue weighted by Crippen LogP contribution is -2.20.